The summed E-state index contributed by atoms with van der Waals surface area (Å²) in [6.45, 7) is 3.76. The molecule has 4 heteroatoms. The normalized spacial score (nSPS) is 10.8. The lowest BCUT2D eigenvalue weighted by atomic mass is 10.2. The molecule has 0 amide bonds. The summed E-state index contributed by atoms with van der Waals surface area (Å²) in [6.07, 6.45) is 0. The van der Waals surface area contributed by atoms with E-state index in [1.807, 2.05) is 0 Å². The van der Waals surface area contributed by atoms with Crippen molar-refractivity contribution < 1.29 is 4.42 Å². The Morgan fingerprint density at radius 3 is 3.00 bits per heavy atom. The molecule has 0 fully saturated rings. The highest BCUT2D eigenvalue weighted by atomic mass is 79.9. The first kappa shape index (κ1) is 7.61. The number of aromatic nitrogens is 1. The van der Waals surface area contributed by atoms with Gasteiger partial charge < -0.3 is 4.42 Å². The average Bonchev–Trinajstić information content (AvgIpc) is 2.39. The molecule has 0 aliphatic heterocycles. The number of hydrogen-bond acceptors (Lipinski definition) is 2. The zero-order valence-electron chi connectivity index (χ0n) is 6.06. The highest BCUT2D eigenvalue weighted by Gasteiger charge is 2.06. The van der Waals surface area contributed by atoms with E-state index in [2.05, 4.69) is 27.8 Å². The first-order chi connectivity index (χ1) is 5.68. The molecule has 61 valence electrons. The van der Waals surface area contributed by atoms with E-state index in [1.54, 1.807) is 12.1 Å². The van der Waals surface area contributed by atoms with Crippen molar-refractivity contribution in [2.24, 2.45) is 0 Å². The van der Waals surface area contributed by atoms with Crippen molar-refractivity contribution in [1.82, 2.24) is 4.98 Å². The molecule has 2 aromatic rings. The van der Waals surface area contributed by atoms with Crippen molar-refractivity contribution in [3.8, 4) is 0 Å². The van der Waals surface area contributed by atoms with Gasteiger partial charge in [0.1, 0.15) is 0 Å². The van der Waals surface area contributed by atoms with E-state index < -0.39 is 5.76 Å². The molecule has 0 atom stereocenters. The fourth-order valence-corrected chi connectivity index (χ4v) is 1.45. The standard InChI is InChI=1S/C8H5BrNO2/c1-4-2-3-5-7(6(4)9)12-8(11)10-5/h2-3H,1H2,(H,10,11). The van der Waals surface area contributed by atoms with Gasteiger partial charge in [0.2, 0.25) is 0 Å². The van der Waals surface area contributed by atoms with Crippen molar-refractivity contribution in [1.29, 1.82) is 0 Å². The Morgan fingerprint density at radius 1 is 1.50 bits per heavy atom. The highest BCUT2D eigenvalue weighted by Crippen LogP contribution is 2.24. The maximum absolute atomic E-state index is 10.8. The number of oxazole rings is 1. The smallest absolute Gasteiger partial charge is 0.407 e. The Bertz CT molecular complexity index is 483. The maximum Gasteiger partial charge on any atom is 0.417 e. The minimum Gasteiger partial charge on any atom is -0.407 e. The summed E-state index contributed by atoms with van der Waals surface area (Å²) >= 11 is 3.28. The lowest BCUT2D eigenvalue weighted by Crippen LogP contribution is -1.92. The molecule has 1 heterocycles. The van der Waals surface area contributed by atoms with Crippen LogP contribution in [0.5, 0.6) is 0 Å². The molecule has 3 nitrogen and oxygen atoms in total. The van der Waals surface area contributed by atoms with Crippen molar-refractivity contribution in [3.05, 3.63) is 39.6 Å². The van der Waals surface area contributed by atoms with Gasteiger partial charge in [-0.3, -0.25) is 4.98 Å². The van der Waals surface area contributed by atoms with Gasteiger partial charge in [-0.15, -0.1) is 0 Å². The molecular weight excluding hydrogens is 222 g/mol. The van der Waals surface area contributed by atoms with E-state index in [9.17, 15) is 4.79 Å². The van der Waals surface area contributed by atoms with Crippen molar-refractivity contribution in [2.45, 2.75) is 0 Å². The molecule has 0 saturated heterocycles. The Kier molecular flexibility index (Phi) is 1.58. The number of hydrogen-bond donors (Lipinski definition) is 1. The first-order valence-electron chi connectivity index (χ1n) is 3.32. The van der Waals surface area contributed by atoms with Gasteiger partial charge in [-0.2, -0.15) is 0 Å². The second-order valence-electron chi connectivity index (χ2n) is 2.43. The van der Waals surface area contributed by atoms with Crippen LogP contribution in [0.4, 0.5) is 0 Å². The van der Waals surface area contributed by atoms with Crippen LogP contribution in [0, 0.1) is 6.92 Å². The number of halogens is 1. The molecule has 1 aromatic carbocycles. The third kappa shape index (κ3) is 0.992. The first-order valence-corrected chi connectivity index (χ1v) is 4.11. The lowest BCUT2D eigenvalue weighted by Gasteiger charge is -1.95. The van der Waals surface area contributed by atoms with Crippen molar-refractivity contribution >= 4 is 27.0 Å². The summed E-state index contributed by atoms with van der Waals surface area (Å²) in [4.78, 5) is 13.3. The molecule has 2 rings (SSSR count). The predicted molar refractivity (Wildman–Crippen MR) is 49.0 cm³/mol. The summed E-state index contributed by atoms with van der Waals surface area (Å²) in [6, 6.07) is 3.56. The average molecular weight is 227 g/mol. The third-order valence-corrected chi connectivity index (χ3v) is 2.48. The Labute approximate surface area is 76.5 Å². The van der Waals surface area contributed by atoms with E-state index in [4.69, 9.17) is 4.42 Å². The lowest BCUT2D eigenvalue weighted by molar-refractivity contribution is 0.554. The van der Waals surface area contributed by atoms with Gasteiger partial charge in [-0.25, -0.2) is 4.79 Å². The van der Waals surface area contributed by atoms with Gasteiger partial charge in [0.25, 0.3) is 0 Å². The molecule has 0 spiro atoms. The molecule has 0 bridgehead atoms. The number of aromatic amines is 1. The molecule has 1 radical (unpaired) electrons. The molecule has 1 aromatic heterocycles. The van der Waals surface area contributed by atoms with Crippen molar-refractivity contribution in [2.75, 3.05) is 0 Å². The SMILES string of the molecule is [CH2]c1ccc2[nH]c(=O)oc2c1Br. The van der Waals surface area contributed by atoms with Crippen LogP contribution in [0.3, 0.4) is 0 Å². The van der Waals surface area contributed by atoms with Gasteiger partial charge in [-0.05, 0) is 34.5 Å². The minimum atomic E-state index is -0.448. The largest absolute Gasteiger partial charge is 0.417 e. The maximum atomic E-state index is 10.8. The molecular formula is C8H5BrNO2. The van der Waals surface area contributed by atoms with E-state index in [0.717, 1.165) is 10.0 Å². The minimum absolute atomic E-state index is 0.448. The Hall–Kier alpha value is -1.03. The van der Waals surface area contributed by atoms with E-state index in [1.165, 1.54) is 0 Å². The number of fused-ring (bicyclic) bond motifs is 1. The summed E-state index contributed by atoms with van der Waals surface area (Å²) in [7, 11) is 0. The second kappa shape index (κ2) is 2.48. The summed E-state index contributed by atoms with van der Waals surface area (Å²) in [5.74, 6) is -0.448. The van der Waals surface area contributed by atoms with Crippen LogP contribution in [-0.2, 0) is 0 Å². The van der Waals surface area contributed by atoms with Crippen LogP contribution in [0.25, 0.3) is 11.1 Å². The fraction of sp³-hybridized carbons (Fsp3) is 0. The van der Waals surface area contributed by atoms with Gasteiger partial charge in [-0.1, -0.05) is 6.07 Å². The number of nitrogens with one attached hydrogen (secondary N) is 1. The zero-order chi connectivity index (χ0) is 8.72. The Balaban J connectivity index is 2.99. The molecule has 0 aliphatic carbocycles. The zero-order valence-corrected chi connectivity index (χ0v) is 7.64. The second-order valence-corrected chi connectivity index (χ2v) is 3.22. The summed E-state index contributed by atoms with van der Waals surface area (Å²) in [5, 5.41) is 0. The fourth-order valence-electron chi connectivity index (χ4n) is 1.02. The van der Waals surface area contributed by atoms with Gasteiger partial charge in [0.05, 0.1) is 9.99 Å². The van der Waals surface area contributed by atoms with E-state index in [-0.39, 0.29) is 0 Å². The van der Waals surface area contributed by atoms with Crippen LogP contribution in [0.1, 0.15) is 5.56 Å². The number of benzene rings is 1. The predicted octanol–water partition coefficient (Wildman–Crippen LogP) is 2.07. The quantitative estimate of drug-likeness (QED) is 0.748. The van der Waals surface area contributed by atoms with Crippen LogP contribution in [0.15, 0.2) is 25.8 Å². The summed E-state index contributed by atoms with van der Waals surface area (Å²) in [5.41, 5.74) is 2.00. The number of rotatable bonds is 0. The third-order valence-electron chi connectivity index (χ3n) is 1.61. The molecule has 1 N–H and O–H groups in total. The Morgan fingerprint density at radius 2 is 2.25 bits per heavy atom. The van der Waals surface area contributed by atoms with Crippen LogP contribution < -0.4 is 5.76 Å². The van der Waals surface area contributed by atoms with Gasteiger partial charge >= 0.3 is 5.76 Å². The molecule has 0 saturated carbocycles. The van der Waals surface area contributed by atoms with E-state index in [0.29, 0.717) is 11.1 Å². The van der Waals surface area contributed by atoms with Gasteiger partial charge in [0.15, 0.2) is 5.58 Å². The molecule has 0 unspecified atom stereocenters. The molecule has 0 aliphatic rings. The topological polar surface area (TPSA) is 46.0 Å². The van der Waals surface area contributed by atoms with E-state index >= 15 is 0 Å². The highest BCUT2D eigenvalue weighted by molar-refractivity contribution is 9.10. The van der Waals surface area contributed by atoms with Crippen molar-refractivity contribution in [3.63, 3.8) is 0 Å². The van der Waals surface area contributed by atoms with Crippen LogP contribution in [-0.4, -0.2) is 4.98 Å². The summed E-state index contributed by atoms with van der Waals surface area (Å²) < 4.78 is 5.60. The molecule has 12 heavy (non-hydrogen) atoms. The number of H-pyrrole nitrogens is 1. The monoisotopic (exact) mass is 226 g/mol. The van der Waals surface area contributed by atoms with Crippen LogP contribution in [0.2, 0.25) is 0 Å². The van der Waals surface area contributed by atoms with Crippen LogP contribution >= 0.6 is 15.9 Å². The van der Waals surface area contributed by atoms with Gasteiger partial charge in [0, 0.05) is 0 Å².